The lowest BCUT2D eigenvalue weighted by Gasteiger charge is -2.31. The molecular formula is C13H16F3N3O2. The number of nitrogens with zero attached hydrogens (tertiary/aromatic N) is 3. The smallest absolute Gasteiger partial charge is 0.417 e. The Morgan fingerprint density at radius 3 is 2.86 bits per heavy atom. The Morgan fingerprint density at radius 1 is 1.48 bits per heavy atom. The van der Waals surface area contributed by atoms with Crippen LogP contribution >= 0.6 is 0 Å². The number of carbonyl (C=O) groups excluding carboxylic acids is 1. The molecular weight excluding hydrogens is 287 g/mol. The second kappa shape index (κ2) is 6.28. The number of halogens is 3. The molecule has 0 aromatic carbocycles. The third-order valence-corrected chi connectivity index (χ3v) is 3.37. The number of likely N-dealkylation sites (tertiary alicyclic amines) is 1. The van der Waals surface area contributed by atoms with Crippen LogP contribution in [0.15, 0.2) is 17.1 Å². The van der Waals surface area contributed by atoms with Crippen LogP contribution in [0.3, 0.4) is 0 Å². The van der Waals surface area contributed by atoms with Gasteiger partial charge in [-0.05, 0) is 19.3 Å². The van der Waals surface area contributed by atoms with Crippen molar-refractivity contribution in [2.75, 3.05) is 13.1 Å². The molecule has 0 radical (unpaired) electrons. The Bertz CT molecular complexity index is 513. The van der Waals surface area contributed by atoms with E-state index in [-0.39, 0.29) is 17.7 Å². The normalized spacial score (nSPS) is 19.6. The maximum absolute atomic E-state index is 12.4. The predicted molar refractivity (Wildman–Crippen MR) is 67.3 cm³/mol. The van der Waals surface area contributed by atoms with Crippen LogP contribution in [0.2, 0.25) is 0 Å². The first kappa shape index (κ1) is 15.5. The second-order valence-corrected chi connectivity index (χ2v) is 4.95. The summed E-state index contributed by atoms with van der Waals surface area (Å²) < 4.78 is 42.0. The first-order valence-corrected chi connectivity index (χ1v) is 6.71. The molecule has 1 fully saturated rings. The van der Waals surface area contributed by atoms with E-state index in [0.29, 0.717) is 38.8 Å². The summed E-state index contributed by atoms with van der Waals surface area (Å²) in [6, 6.07) is 0. The molecule has 0 N–H and O–H groups in total. The summed E-state index contributed by atoms with van der Waals surface area (Å²) in [4.78, 5) is 13.6. The van der Waals surface area contributed by atoms with Crippen molar-refractivity contribution in [2.45, 2.75) is 37.8 Å². The number of hydrogen-bond donors (Lipinski definition) is 0. The Morgan fingerprint density at radius 2 is 2.24 bits per heavy atom. The molecule has 21 heavy (non-hydrogen) atoms. The highest BCUT2D eigenvalue weighted by molar-refractivity contribution is 5.76. The lowest BCUT2D eigenvalue weighted by Crippen LogP contribution is -2.39. The number of hydrogen-bond acceptors (Lipinski definition) is 4. The van der Waals surface area contributed by atoms with Crippen LogP contribution in [-0.4, -0.2) is 34.1 Å². The van der Waals surface area contributed by atoms with Gasteiger partial charge in [-0.2, -0.15) is 13.2 Å². The van der Waals surface area contributed by atoms with Crippen LogP contribution in [-0.2, 0) is 11.0 Å². The average molecular weight is 303 g/mol. The minimum atomic E-state index is -4.64. The first-order chi connectivity index (χ1) is 9.91. The summed E-state index contributed by atoms with van der Waals surface area (Å²) in [5.74, 6) is -1.76. The fourth-order valence-electron chi connectivity index (χ4n) is 2.30. The van der Waals surface area contributed by atoms with E-state index in [1.807, 2.05) is 0 Å². The molecule has 1 saturated heterocycles. The van der Waals surface area contributed by atoms with Crippen molar-refractivity contribution in [1.82, 2.24) is 15.1 Å². The highest BCUT2D eigenvalue weighted by Gasteiger charge is 2.39. The van der Waals surface area contributed by atoms with Crippen LogP contribution in [0.25, 0.3) is 0 Å². The van der Waals surface area contributed by atoms with E-state index in [2.05, 4.69) is 16.8 Å². The van der Waals surface area contributed by atoms with Gasteiger partial charge in [-0.3, -0.25) is 4.79 Å². The minimum Gasteiger partial charge on any atom is -0.417 e. The highest BCUT2D eigenvalue weighted by Crippen LogP contribution is 2.32. The fourth-order valence-corrected chi connectivity index (χ4v) is 2.30. The zero-order chi connectivity index (χ0) is 15.5. The molecule has 1 aromatic heterocycles. The van der Waals surface area contributed by atoms with Crippen LogP contribution < -0.4 is 0 Å². The largest absolute Gasteiger partial charge is 0.470 e. The summed E-state index contributed by atoms with van der Waals surface area (Å²) in [6.07, 6.45) is -0.710. The van der Waals surface area contributed by atoms with E-state index in [1.54, 1.807) is 11.0 Å². The molecule has 1 aromatic rings. The fraction of sp³-hybridized carbons (Fsp3) is 0.615. The van der Waals surface area contributed by atoms with Gasteiger partial charge in [-0.25, -0.2) is 0 Å². The third-order valence-electron chi connectivity index (χ3n) is 3.37. The monoisotopic (exact) mass is 303 g/mol. The molecule has 1 atom stereocenters. The van der Waals surface area contributed by atoms with Gasteiger partial charge in [0.15, 0.2) is 0 Å². The summed E-state index contributed by atoms with van der Waals surface area (Å²) in [6.45, 7) is 4.47. The molecule has 1 aliphatic rings. The maximum Gasteiger partial charge on any atom is 0.470 e. The van der Waals surface area contributed by atoms with E-state index >= 15 is 0 Å². The molecule has 1 amide bonds. The van der Waals surface area contributed by atoms with Crippen molar-refractivity contribution in [1.29, 1.82) is 0 Å². The van der Waals surface area contributed by atoms with Gasteiger partial charge in [0.05, 0.1) is 5.92 Å². The molecule has 2 heterocycles. The molecule has 5 nitrogen and oxygen atoms in total. The Hall–Kier alpha value is -1.86. The van der Waals surface area contributed by atoms with Crippen LogP contribution in [0.1, 0.15) is 43.4 Å². The molecule has 8 heteroatoms. The minimum absolute atomic E-state index is 0.0323. The van der Waals surface area contributed by atoms with Crippen LogP contribution in [0.5, 0.6) is 0 Å². The molecule has 0 bridgehead atoms. The second-order valence-electron chi connectivity index (χ2n) is 4.95. The van der Waals surface area contributed by atoms with E-state index < -0.39 is 12.1 Å². The Labute approximate surface area is 119 Å². The molecule has 0 spiro atoms. The van der Waals surface area contributed by atoms with E-state index in [4.69, 9.17) is 4.42 Å². The van der Waals surface area contributed by atoms with Gasteiger partial charge in [-0.15, -0.1) is 16.8 Å². The standard InChI is InChI=1S/C13H16F3N3O2/c1-2-3-6-10(20)19-7-4-5-9(8-19)11-17-18-12(21-11)13(14,15)16/h2,9H,1,3-8H2. The molecule has 116 valence electrons. The number of rotatable bonds is 4. The van der Waals surface area contributed by atoms with Crippen molar-refractivity contribution in [3.05, 3.63) is 24.4 Å². The SMILES string of the molecule is C=CCCC(=O)N1CCCC(c2nnc(C(F)(F)F)o2)C1. The van der Waals surface area contributed by atoms with E-state index in [9.17, 15) is 18.0 Å². The van der Waals surface area contributed by atoms with Crippen molar-refractivity contribution in [3.8, 4) is 0 Å². The first-order valence-electron chi connectivity index (χ1n) is 6.71. The van der Waals surface area contributed by atoms with Gasteiger partial charge in [0, 0.05) is 19.5 Å². The van der Waals surface area contributed by atoms with Crippen molar-refractivity contribution >= 4 is 5.91 Å². The van der Waals surface area contributed by atoms with Crippen LogP contribution in [0, 0.1) is 0 Å². The maximum atomic E-state index is 12.4. The van der Waals surface area contributed by atoms with Crippen molar-refractivity contribution in [2.24, 2.45) is 0 Å². The molecule has 1 unspecified atom stereocenters. The number of amides is 1. The Balaban J connectivity index is 2.02. The van der Waals surface area contributed by atoms with Crippen molar-refractivity contribution < 1.29 is 22.4 Å². The number of alkyl halides is 3. The average Bonchev–Trinajstić information content (AvgIpc) is 2.95. The lowest BCUT2D eigenvalue weighted by molar-refractivity contribution is -0.157. The predicted octanol–water partition coefficient (Wildman–Crippen LogP) is 2.76. The number of carbonyl (C=O) groups is 1. The quantitative estimate of drug-likeness (QED) is 0.803. The number of allylic oxidation sites excluding steroid dienone is 1. The van der Waals surface area contributed by atoms with Gasteiger partial charge in [0.2, 0.25) is 11.8 Å². The molecule has 0 saturated carbocycles. The summed E-state index contributed by atoms with van der Waals surface area (Å²) >= 11 is 0. The summed E-state index contributed by atoms with van der Waals surface area (Å²) in [5.41, 5.74) is 0. The summed E-state index contributed by atoms with van der Waals surface area (Å²) in [5, 5.41) is 6.50. The van der Waals surface area contributed by atoms with E-state index in [0.717, 1.165) is 0 Å². The van der Waals surface area contributed by atoms with Gasteiger partial charge in [-0.1, -0.05) is 6.08 Å². The number of aromatic nitrogens is 2. The van der Waals surface area contributed by atoms with E-state index in [1.165, 1.54) is 0 Å². The van der Waals surface area contributed by atoms with Gasteiger partial charge < -0.3 is 9.32 Å². The topological polar surface area (TPSA) is 59.2 Å². The third kappa shape index (κ3) is 3.83. The summed E-state index contributed by atoms with van der Waals surface area (Å²) in [7, 11) is 0. The molecule has 2 rings (SSSR count). The lowest BCUT2D eigenvalue weighted by atomic mass is 9.97. The highest BCUT2D eigenvalue weighted by atomic mass is 19.4. The molecule has 0 aliphatic carbocycles. The van der Waals surface area contributed by atoms with Crippen molar-refractivity contribution in [3.63, 3.8) is 0 Å². The molecule has 1 aliphatic heterocycles. The van der Waals surface area contributed by atoms with Gasteiger partial charge in [0.25, 0.3) is 0 Å². The zero-order valence-corrected chi connectivity index (χ0v) is 11.4. The van der Waals surface area contributed by atoms with Gasteiger partial charge >= 0.3 is 12.1 Å². The Kier molecular flexibility index (Phi) is 4.64. The van der Waals surface area contributed by atoms with Crippen LogP contribution in [0.4, 0.5) is 13.2 Å². The van der Waals surface area contributed by atoms with Gasteiger partial charge in [0.1, 0.15) is 0 Å². The number of piperidine rings is 1. The zero-order valence-electron chi connectivity index (χ0n) is 11.4.